The number of aromatic nitrogens is 2. The lowest BCUT2D eigenvalue weighted by molar-refractivity contribution is -0.128. The first-order valence-electron chi connectivity index (χ1n) is 10.4. The van der Waals surface area contributed by atoms with Gasteiger partial charge in [-0.15, -0.1) is 0 Å². The Morgan fingerprint density at radius 3 is 2.48 bits per heavy atom. The summed E-state index contributed by atoms with van der Waals surface area (Å²) >= 11 is 0. The molecule has 1 saturated heterocycles. The van der Waals surface area contributed by atoms with Crippen molar-refractivity contribution in [3.05, 3.63) is 47.7 Å². The van der Waals surface area contributed by atoms with Crippen molar-refractivity contribution in [1.29, 1.82) is 0 Å². The Kier molecular flexibility index (Phi) is 7.51. The zero-order chi connectivity index (χ0) is 22.4. The molecule has 1 aromatic heterocycles. The molecule has 1 aliphatic heterocycles. The van der Waals surface area contributed by atoms with E-state index in [4.69, 9.17) is 4.98 Å². The number of anilines is 2. The van der Waals surface area contributed by atoms with Gasteiger partial charge in [-0.25, -0.2) is 14.4 Å². The van der Waals surface area contributed by atoms with Crippen LogP contribution in [0.5, 0.6) is 0 Å². The molecule has 2 amide bonds. The van der Waals surface area contributed by atoms with E-state index in [0.717, 1.165) is 43.3 Å². The van der Waals surface area contributed by atoms with Gasteiger partial charge in [-0.05, 0) is 50.2 Å². The first-order valence-corrected chi connectivity index (χ1v) is 10.4. The summed E-state index contributed by atoms with van der Waals surface area (Å²) < 4.78 is 13.0. The normalized spacial score (nSPS) is 14.8. The number of nitrogens with zero attached hydrogens (tertiary/aromatic N) is 4. The number of rotatable bonds is 7. The van der Waals surface area contributed by atoms with Gasteiger partial charge in [0.05, 0.1) is 18.8 Å². The number of halogens is 1. The van der Waals surface area contributed by atoms with Crippen LogP contribution in [0, 0.1) is 5.82 Å². The lowest BCUT2D eigenvalue weighted by Gasteiger charge is -2.31. The Labute approximate surface area is 181 Å². The number of nitrogens with one attached hydrogen (secondary N) is 2. The van der Waals surface area contributed by atoms with E-state index in [1.54, 1.807) is 24.1 Å². The number of carbonyl (C=O) groups excluding carboxylic acids is 2. The molecular weight excluding hydrogens is 399 g/mol. The maximum absolute atomic E-state index is 13.0. The van der Waals surface area contributed by atoms with Crippen LogP contribution in [0.2, 0.25) is 0 Å². The van der Waals surface area contributed by atoms with Gasteiger partial charge in [0.1, 0.15) is 17.5 Å². The molecule has 166 valence electrons. The summed E-state index contributed by atoms with van der Waals surface area (Å²) in [7, 11) is 3.56. The smallest absolute Gasteiger partial charge is 0.238 e. The van der Waals surface area contributed by atoms with Crippen LogP contribution in [0.4, 0.5) is 15.9 Å². The van der Waals surface area contributed by atoms with Crippen molar-refractivity contribution in [2.45, 2.75) is 32.2 Å². The molecule has 0 spiro atoms. The minimum Gasteiger partial charge on any atom is -0.373 e. The third kappa shape index (κ3) is 6.45. The summed E-state index contributed by atoms with van der Waals surface area (Å²) in [6.45, 7) is 3.77. The number of amides is 2. The summed E-state index contributed by atoms with van der Waals surface area (Å²) in [6, 6.07) is 7.60. The van der Waals surface area contributed by atoms with Crippen LogP contribution < -0.4 is 10.6 Å². The van der Waals surface area contributed by atoms with E-state index in [1.807, 2.05) is 13.1 Å². The number of hydrogen-bond acceptors (Lipinski definition) is 6. The number of hydrogen-bond donors (Lipinski definition) is 2. The number of benzene rings is 1. The molecule has 8 nitrogen and oxygen atoms in total. The van der Waals surface area contributed by atoms with Gasteiger partial charge >= 0.3 is 0 Å². The third-order valence-corrected chi connectivity index (χ3v) is 5.44. The minimum atomic E-state index is -0.333. The van der Waals surface area contributed by atoms with Gasteiger partial charge in [-0.3, -0.25) is 14.5 Å². The van der Waals surface area contributed by atoms with Crippen LogP contribution >= 0.6 is 0 Å². The number of likely N-dealkylation sites (tertiary alicyclic amines) is 1. The van der Waals surface area contributed by atoms with Gasteiger partial charge in [-0.1, -0.05) is 0 Å². The molecule has 2 aromatic rings. The largest absolute Gasteiger partial charge is 0.373 e. The molecule has 2 N–H and O–H groups in total. The van der Waals surface area contributed by atoms with E-state index < -0.39 is 0 Å². The van der Waals surface area contributed by atoms with Crippen molar-refractivity contribution in [3.63, 3.8) is 0 Å². The fourth-order valence-corrected chi connectivity index (χ4v) is 3.55. The van der Waals surface area contributed by atoms with Crippen LogP contribution in [0.15, 0.2) is 30.3 Å². The standard InChI is InChI=1S/C22H29FN6O2/c1-15(30)28(3)13-19-12-20(24-2)27-22(26-19)16-8-10-29(11-9-16)14-21(31)25-18-6-4-17(23)5-7-18/h4-7,12,16H,8-11,13-14H2,1-3H3,(H,25,31)(H,24,26,27). The summed E-state index contributed by atoms with van der Waals surface area (Å²) in [5, 5.41) is 5.87. The lowest BCUT2D eigenvalue weighted by Crippen LogP contribution is -2.39. The molecule has 0 unspecified atom stereocenters. The quantitative estimate of drug-likeness (QED) is 0.704. The summed E-state index contributed by atoms with van der Waals surface area (Å²) in [5.74, 6) is 1.24. The van der Waals surface area contributed by atoms with Gasteiger partial charge in [0.2, 0.25) is 11.8 Å². The van der Waals surface area contributed by atoms with Crippen molar-refractivity contribution in [3.8, 4) is 0 Å². The van der Waals surface area contributed by atoms with Gasteiger partial charge < -0.3 is 15.5 Å². The molecule has 0 bridgehead atoms. The average molecular weight is 429 g/mol. The average Bonchev–Trinajstić information content (AvgIpc) is 2.75. The highest BCUT2D eigenvalue weighted by Gasteiger charge is 2.25. The Balaban J connectivity index is 1.56. The maximum Gasteiger partial charge on any atom is 0.238 e. The van der Waals surface area contributed by atoms with Crippen molar-refractivity contribution in [1.82, 2.24) is 19.8 Å². The van der Waals surface area contributed by atoms with Gasteiger partial charge in [0.15, 0.2) is 0 Å². The van der Waals surface area contributed by atoms with E-state index in [9.17, 15) is 14.0 Å². The molecule has 1 aromatic carbocycles. The second-order valence-corrected chi connectivity index (χ2v) is 7.83. The summed E-state index contributed by atoms with van der Waals surface area (Å²) in [4.78, 5) is 36.9. The summed E-state index contributed by atoms with van der Waals surface area (Å²) in [5.41, 5.74) is 1.38. The first kappa shape index (κ1) is 22.6. The molecular formula is C22H29FN6O2. The van der Waals surface area contributed by atoms with Gasteiger partial charge in [0, 0.05) is 38.7 Å². The van der Waals surface area contributed by atoms with Crippen LogP contribution in [0.25, 0.3) is 0 Å². The second kappa shape index (κ2) is 10.3. The van der Waals surface area contributed by atoms with Crippen molar-refractivity contribution in [2.24, 2.45) is 0 Å². The van der Waals surface area contributed by atoms with E-state index in [2.05, 4.69) is 20.5 Å². The Bertz CT molecular complexity index is 913. The van der Waals surface area contributed by atoms with Crippen LogP contribution in [0.3, 0.4) is 0 Å². The Hall–Kier alpha value is -3.07. The van der Waals surface area contributed by atoms with Gasteiger partial charge in [-0.2, -0.15) is 0 Å². The highest BCUT2D eigenvalue weighted by Crippen LogP contribution is 2.27. The third-order valence-electron chi connectivity index (χ3n) is 5.44. The maximum atomic E-state index is 13.0. The van der Waals surface area contributed by atoms with Crippen molar-refractivity contribution in [2.75, 3.05) is 44.4 Å². The van der Waals surface area contributed by atoms with E-state index in [-0.39, 0.29) is 30.1 Å². The second-order valence-electron chi connectivity index (χ2n) is 7.83. The molecule has 1 aliphatic rings. The minimum absolute atomic E-state index is 0.0154. The number of carbonyl (C=O) groups is 2. The molecule has 0 aliphatic carbocycles. The van der Waals surface area contributed by atoms with Crippen molar-refractivity contribution >= 4 is 23.3 Å². The molecule has 3 rings (SSSR count). The zero-order valence-corrected chi connectivity index (χ0v) is 18.2. The highest BCUT2D eigenvalue weighted by molar-refractivity contribution is 5.92. The fraction of sp³-hybridized carbons (Fsp3) is 0.455. The van der Waals surface area contributed by atoms with Crippen LogP contribution in [0.1, 0.15) is 37.2 Å². The Morgan fingerprint density at radius 2 is 1.87 bits per heavy atom. The predicted molar refractivity (Wildman–Crippen MR) is 117 cm³/mol. The molecule has 0 saturated carbocycles. The zero-order valence-electron chi connectivity index (χ0n) is 18.2. The SMILES string of the molecule is CNc1cc(CN(C)C(C)=O)nc(C2CCN(CC(=O)Nc3ccc(F)cc3)CC2)n1. The number of piperidine rings is 1. The van der Waals surface area contributed by atoms with E-state index in [1.165, 1.54) is 19.1 Å². The molecule has 31 heavy (non-hydrogen) atoms. The Morgan fingerprint density at radius 1 is 1.19 bits per heavy atom. The molecule has 2 heterocycles. The topological polar surface area (TPSA) is 90.5 Å². The molecule has 1 fully saturated rings. The van der Waals surface area contributed by atoms with E-state index in [0.29, 0.717) is 12.2 Å². The van der Waals surface area contributed by atoms with Crippen LogP contribution in [-0.2, 0) is 16.1 Å². The first-order chi connectivity index (χ1) is 14.8. The van der Waals surface area contributed by atoms with Crippen molar-refractivity contribution < 1.29 is 14.0 Å². The molecule has 0 radical (unpaired) electrons. The van der Waals surface area contributed by atoms with Gasteiger partial charge in [0.25, 0.3) is 0 Å². The molecule has 9 heteroatoms. The summed E-state index contributed by atoms with van der Waals surface area (Å²) in [6.07, 6.45) is 1.69. The monoisotopic (exact) mass is 428 g/mol. The van der Waals surface area contributed by atoms with E-state index >= 15 is 0 Å². The highest BCUT2D eigenvalue weighted by atomic mass is 19.1. The lowest BCUT2D eigenvalue weighted by atomic mass is 9.95. The fourth-order valence-electron chi connectivity index (χ4n) is 3.55. The predicted octanol–water partition coefficient (Wildman–Crippen LogP) is 2.45. The molecule has 0 atom stereocenters. The van der Waals surface area contributed by atoms with Crippen LogP contribution in [-0.4, -0.2) is 65.3 Å².